The number of anilines is 1. The highest BCUT2D eigenvalue weighted by molar-refractivity contribution is 6.04. The largest absolute Gasteiger partial charge is 0.307 e. The minimum absolute atomic E-state index is 0.291. The van der Waals surface area contributed by atoms with Crippen LogP contribution in [0.4, 0.5) is 10.2 Å². The number of aromatic amines is 1. The predicted octanol–water partition coefficient (Wildman–Crippen LogP) is 2.42. The first-order chi connectivity index (χ1) is 8.08. The number of nitrogens with one attached hydrogen (secondary N) is 2. The fourth-order valence-electron chi connectivity index (χ4n) is 1.44. The fraction of sp³-hybridized carbons (Fsp3) is 0.167. The van der Waals surface area contributed by atoms with Crippen molar-refractivity contribution in [2.24, 2.45) is 0 Å². The summed E-state index contributed by atoms with van der Waals surface area (Å²) < 4.78 is 13.1. The first-order valence-corrected chi connectivity index (χ1v) is 5.15. The number of hydrogen-bond acceptors (Lipinski definition) is 2. The highest BCUT2D eigenvalue weighted by Crippen LogP contribution is 2.13. The van der Waals surface area contributed by atoms with Crippen molar-refractivity contribution in [3.8, 4) is 0 Å². The van der Waals surface area contributed by atoms with E-state index in [-0.39, 0.29) is 11.7 Å². The molecule has 0 aliphatic heterocycles. The molecular weight excluding hydrogens is 221 g/mol. The van der Waals surface area contributed by atoms with Gasteiger partial charge in [-0.15, -0.1) is 0 Å². The molecule has 0 aliphatic rings. The van der Waals surface area contributed by atoms with Gasteiger partial charge in [-0.3, -0.25) is 9.89 Å². The molecule has 0 aliphatic carbocycles. The SMILES string of the molecule is Cc1cc(C(=O)Nc2[nH]ncc2C)ccc1F. The molecule has 0 atom stereocenters. The number of hydrogen-bond donors (Lipinski definition) is 2. The van der Waals surface area contributed by atoms with Gasteiger partial charge in [-0.2, -0.15) is 5.10 Å². The van der Waals surface area contributed by atoms with Crippen molar-refractivity contribution in [3.05, 3.63) is 46.9 Å². The molecule has 1 heterocycles. The summed E-state index contributed by atoms with van der Waals surface area (Å²) in [6.07, 6.45) is 1.62. The van der Waals surface area contributed by atoms with Crippen LogP contribution in [0, 0.1) is 19.7 Å². The van der Waals surface area contributed by atoms with Crippen LogP contribution in [0.2, 0.25) is 0 Å². The van der Waals surface area contributed by atoms with Gasteiger partial charge in [0.2, 0.25) is 0 Å². The molecule has 2 N–H and O–H groups in total. The van der Waals surface area contributed by atoms with E-state index in [0.29, 0.717) is 16.9 Å². The zero-order chi connectivity index (χ0) is 12.4. The van der Waals surface area contributed by atoms with E-state index in [9.17, 15) is 9.18 Å². The van der Waals surface area contributed by atoms with Crippen molar-refractivity contribution in [3.63, 3.8) is 0 Å². The predicted molar refractivity (Wildman–Crippen MR) is 62.4 cm³/mol. The van der Waals surface area contributed by atoms with Crippen molar-refractivity contribution in [1.29, 1.82) is 0 Å². The van der Waals surface area contributed by atoms with E-state index >= 15 is 0 Å². The van der Waals surface area contributed by atoms with Crippen LogP contribution in [-0.4, -0.2) is 16.1 Å². The summed E-state index contributed by atoms with van der Waals surface area (Å²) in [5, 5.41) is 9.15. The highest BCUT2D eigenvalue weighted by atomic mass is 19.1. The molecule has 0 saturated heterocycles. The van der Waals surface area contributed by atoms with Crippen LogP contribution in [0.3, 0.4) is 0 Å². The molecule has 0 spiro atoms. The topological polar surface area (TPSA) is 57.8 Å². The van der Waals surface area contributed by atoms with E-state index in [4.69, 9.17) is 0 Å². The van der Waals surface area contributed by atoms with E-state index in [1.54, 1.807) is 13.1 Å². The Hall–Kier alpha value is -2.17. The Balaban J connectivity index is 2.20. The lowest BCUT2D eigenvalue weighted by molar-refractivity contribution is 0.102. The monoisotopic (exact) mass is 233 g/mol. The molecule has 1 aromatic heterocycles. The molecule has 2 rings (SSSR count). The number of H-pyrrole nitrogens is 1. The second kappa shape index (κ2) is 4.37. The summed E-state index contributed by atoms with van der Waals surface area (Å²) in [5.41, 5.74) is 1.70. The number of amides is 1. The maximum atomic E-state index is 13.1. The summed E-state index contributed by atoms with van der Waals surface area (Å²) in [4.78, 5) is 11.8. The minimum atomic E-state index is -0.320. The lowest BCUT2D eigenvalue weighted by atomic mass is 10.1. The molecule has 17 heavy (non-hydrogen) atoms. The first-order valence-electron chi connectivity index (χ1n) is 5.15. The zero-order valence-corrected chi connectivity index (χ0v) is 9.54. The molecule has 4 nitrogen and oxygen atoms in total. The number of carbonyl (C=O) groups is 1. The van der Waals surface area contributed by atoms with Gasteiger partial charge in [0.25, 0.3) is 5.91 Å². The molecule has 0 unspecified atom stereocenters. The van der Waals surface area contributed by atoms with Gasteiger partial charge in [-0.1, -0.05) is 0 Å². The van der Waals surface area contributed by atoms with Crippen LogP contribution < -0.4 is 5.32 Å². The lowest BCUT2D eigenvalue weighted by Gasteiger charge is -2.05. The van der Waals surface area contributed by atoms with Crippen LogP contribution in [0.25, 0.3) is 0 Å². The Morgan fingerprint density at radius 3 is 2.71 bits per heavy atom. The Kier molecular flexibility index (Phi) is 2.91. The van der Waals surface area contributed by atoms with E-state index in [1.807, 2.05) is 6.92 Å². The number of benzene rings is 1. The number of halogens is 1. The van der Waals surface area contributed by atoms with Gasteiger partial charge in [0.15, 0.2) is 0 Å². The average Bonchev–Trinajstić information content (AvgIpc) is 2.68. The van der Waals surface area contributed by atoms with Crippen molar-refractivity contribution in [1.82, 2.24) is 10.2 Å². The highest BCUT2D eigenvalue weighted by Gasteiger charge is 2.10. The number of rotatable bonds is 2. The van der Waals surface area contributed by atoms with E-state index in [2.05, 4.69) is 15.5 Å². The van der Waals surface area contributed by atoms with Gasteiger partial charge in [0.05, 0.1) is 6.20 Å². The summed E-state index contributed by atoms with van der Waals surface area (Å²) in [7, 11) is 0. The van der Waals surface area contributed by atoms with Crippen LogP contribution >= 0.6 is 0 Å². The van der Waals surface area contributed by atoms with E-state index in [0.717, 1.165) is 5.56 Å². The summed E-state index contributed by atoms with van der Waals surface area (Å²) in [6.45, 7) is 3.45. The number of aryl methyl sites for hydroxylation is 2. The summed E-state index contributed by atoms with van der Waals surface area (Å²) >= 11 is 0. The third-order valence-electron chi connectivity index (χ3n) is 2.49. The molecular formula is C12H12FN3O. The molecule has 1 amide bonds. The molecule has 1 aromatic carbocycles. The van der Waals surface area contributed by atoms with Crippen molar-refractivity contribution in [2.45, 2.75) is 13.8 Å². The van der Waals surface area contributed by atoms with Crippen LogP contribution in [0.5, 0.6) is 0 Å². The quantitative estimate of drug-likeness (QED) is 0.836. The third-order valence-corrected chi connectivity index (χ3v) is 2.49. The van der Waals surface area contributed by atoms with Gasteiger partial charge in [-0.05, 0) is 37.6 Å². The van der Waals surface area contributed by atoms with Crippen molar-refractivity contribution >= 4 is 11.7 Å². The van der Waals surface area contributed by atoms with Crippen molar-refractivity contribution < 1.29 is 9.18 Å². The molecule has 2 aromatic rings. The maximum Gasteiger partial charge on any atom is 0.256 e. The maximum absolute atomic E-state index is 13.1. The molecule has 5 heteroatoms. The lowest BCUT2D eigenvalue weighted by Crippen LogP contribution is -2.13. The number of nitrogens with zero attached hydrogens (tertiary/aromatic N) is 1. The molecule has 0 bridgehead atoms. The Labute approximate surface area is 97.9 Å². The van der Waals surface area contributed by atoms with Gasteiger partial charge in [0.1, 0.15) is 11.6 Å². The minimum Gasteiger partial charge on any atom is -0.307 e. The Morgan fingerprint density at radius 2 is 2.12 bits per heavy atom. The molecule has 88 valence electrons. The second-order valence-electron chi connectivity index (χ2n) is 3.85. The van der Waals surface area contributed by atoms with Gasteiger partial charge in [0, 0.05) is 11.1 Å². The van der Waals surface area contributed by atoms with E-state index < -0.39 is 0 Å². The zero-order valence-electron chi connectivity index (χ0n) is 9.54. The van der Waals surface area contributed by atoms with Crippen LogP contribution in [0.1, 0.15) is 21.5 Å². The standard InChI is InChI=1S/C12H12FN3O/c1-7-5-9(3-4-10(7)13)12(17)15-11-8(2)6-14-16-11/h3-6H,1-2H3,(H2,14,15,16,17). The molecule has 0 radical (unpaired) electrons. The molecule has 0 fully saturated rings. The third kappa shape index (κ3) is 2.33. The average molecular weight is 233 g/mol. The first kappa shape index (κ1) is 11.3. The normalized spacial score (nSPS) is 10.3. The summed E-state index contributed by atoms with van der Waals surface area (Å²) in [6, 6.07) is 4.24. The van der Waals surface area contributed by atoms with Crippen LogP contribution in [-0.2, 0) is 0 Å². The smallest absolute Gasteiger partial charge is 0.256 e. The fourth-order valence-corrected chi connectivity index (χ4v) is 1.44. The van der Waals surface area contributed by atoms with Gasteiger partial charge < -0.3 is 5.32 Å². The number of aromatic nitrogens is 2. The molecule has 0 saturated carbocycles. The Bertz CT molecular complexity index is 563. The second-order valence-corrected chi connectivity index (χ2v) is 3.85. The van der Waals surface area contributed by atoms with Gasteiger partial charge >= 0.3 is 0 Å². The van der Waals surface area contributed by atoms with Gasteiger partial charge in [-0.25, -0.2) is 4.39 Å². The Morgan fingerprint density at radius 1 is 1.35 bits per heavy atom. The van der Waals surface area contributed by atoms with E-state index in [1.165, 1.54) is 18.2 Å². The van der Waals surface area contributed by atoms with Crippen molar-refractivity contribution in [2.75, 3.05) is 5.32 Å². The van der Waals surface area contributed by atoms with Crippen LogP contribution in [0.15, 0.2) is 24.4 Å². The number of carbonyl (C=O) groups excluding carboxylic acids is 1. The summed E-state index contributed by atoms with van der Waals surface area (Å²) in [5.74, 6) is -0.0586.